The molecule has 1 aromatic carbocycles. The van der Waals surface area contributed by atoms with E-state index < -0.39 is 0 Å². The number of nitrogens with one attached hydrogen (secondary N) is 1. The number of aldehydes is 1. The molecular weight excluding hydrogens is 294 g/mol. The molecule has 0 aliphatic carbocycles. The predicted octanol–water partition coefficient (Wildman–Crippen LogP) is 2.45. The van der Waals surface area contributed by atoms with Crippen LogP contribution in [0.2, 0.25) is 0 Å². The van der Waals surface area contributed by atoms with Crippen LogP contribution < -0.4 is 10.1 Å². The van der Waals surface area contributed by atoms with Crippen molar-refractivity contribution in [3.05, 3.63) is 47.8 Å². The van der Waals surface area contributed by atoms with Crippen molar-refractivity contribution in [2.45, 2.75) is 6.92 Å². The van der Waals surface area contributed by atoms with E-state index in [4.69, 9.17) is 4.74 Å². The van der Waals surface area contributed by atoms with Crippen molar-refractivity contribution >= 4 is 23.5 Å². The lowest BCUT2D eigenvalue weighted by atomic mass is 10.1. The second-order valence-electron chi connectivity index (χ2n) is 5.44. The number of aromatic nitrogens is 2. The van der Waals surface area contributed by atoms with Gasteiger partial charge >= 0.3 is 0 Å². The summed E-state index contributed by atoms with van der Waals surface area (Å²) < 4.78 is 7.10. The van der Waals surface area contributed by atoms with Crippen molar-refractivity contribution < 1.29 is 14.3 Å². The number of rotatable bonds is 2. The van der Waals surface area contributed by atoms with E-state index in [0.717, 1.165) is 17.4 Å². The molecule has 114 valence electrons. The minimum Gasteiger partial charge on any atom is -0.482 e. The van der Waals surface area contributed by atoms with Crippen LogP contribution in [0.25, 0.3) is 16.9 Å². The van der Waals surface area contributed by atoms with Crippen LogP contribution in [-0.2, 0) is 4.79 Å². The van der Waals surface area contributed by atoms with Crippen molar-refractivity contribution in [1.29, 1.82) is 0 Å². The van der Waals surface area contributed by atoms with Gasteiger partial charge in [0.25, 0.3) is 5.91 Å². The highest BCUT2D eigenvalue weighted by Gasteiger charge is 2.19. The van der Waals surface area contributed by atoms with Gasteiger partial charge in [0.1, 0.15) is 22.8 Å². The Morgan fingerprint density at radius 1 is 1.30 bits per heavy atom. The number of pyridine rings is 1. The lowest BCUT2D eigenvalue weighted by Gasteiger charge is -2.18. The quantitative estimate of drug-likeness (QED) is 0.738. The fraction of sp³-hybridized carbons (Fsp3) is 0.118. The first kappa shape index (κ1) is 13.5. The fourth-order valence-electron chi connectivity index (χ4n) is 2.72. The molecule has 0 saturated carbocycles. The average molecular weight is 307 g/mol. The van der Waals surface area contributed by atoms with E-state index in [1.807, 2.05) is 31.3 Å². The van der Waals surface area contributed by atoms with Gasteiger partial charge in [-0.3, -0.25) is 14.0 Å². The van der Waals surface area contributed by atoms with Gasteiger partial charge in [-0.25, -0.2) is 4.98 Å². The summed E-state index contributed by atoms with van der Waals surface area (Å²) in [5.74, 6) is 0.413. The summed E-state index contributed by atoms with van der Waals surface area (Å²) in [6.07, 6.45) is 2.62. The van der Waals surface area contributed by atoms with Gasteiger partial charge in [0.05, 0.1) is 5.69 Å². The van der Waals surface area contributed by atoms with Crippen molar-refractivity contribution in [1.82, 2.24) is 9.38 Å². The van der Waals surface area contributed by atoms with E-state index in [1.54, 1.807) is 16.5 Å². The minimum absolute atomic E-state index is 0.0135. The lowest BCUT2D eigenvalue weighted by molar-refractivity contribution is -0.118. The Morgan fingerprint density at radius 3 is 3.00 bits per heavy atom. The molecule has 3 aromatic rings. The Labute approximate surface area is 131 Å². The first-order chi connectivity index (χ1) is 11.2. The van der Waals surface area contributed by atoms with Crippen LogP contribution in [0, 0.1) is 6.92 Å². The summed E-state index contributed by atoms with van der Waals surface area (Å²) in [6.45, 7) is 1.99. The van der Waals surface area contributed by atoms with Crippen molar-refractivity contribution in [2.24, 2.45) is 0 Å². The fourth-order valence-corrected chi connectivity index (χ4v) is 2.72. The van der Waals surface area contributed by atoms with Crippen LogP contribution in [-0.4, -0.2) is 28.2 Å². The molecule has 23 heavy (non-hydrogen) atoms. The molecule has 0 saturated heterocycles. The number of nitrogens with zero attached hydrogens (tertiary/aromatic N) is 2. The van der Waals surface area contributed by atoms with Crippen LogP contribution in [0.1, 0.15) is 16.1 Å². The number of hydrogen-bond acceptors (Lipinski definition) is 4. The zero-order valence-electron chi connectivity index (χ0n) is 12.4. The Hall–Kier alpha value is -3.15. The Balaban J connectivity index is 1.90. The Bertz CT molecular complexity index is 959. The molecule has 0 spiro atoms. The SMILES string of the molecule is Cc1ccn2c(C=O)c(-c3ccc4c(c3)NC(=O)CO4)nc2c1. The van der Waals surface area contributed by atoms with Crippen LogP contribution in [0.15, 0.2) is 36.5 Å². The Morgan fingerprint density at radius 2 is 2.17 bits per heavy atom. The van der Waals surface area contributed by atoms with Crippen LogP contribution >= 0.6 is 0 Å². The molecule has 6 heteroatoms. The molecule has 3 heterocycles. The van der Waals surface area contributed by atoms with Gasteiger partial charge in [-0.2, -0.15) is 0 Å². The summed E-state index contributed by atoms with van der Waals surface area (Å²) in [7, 11) is 0. The number of benzene rings is 1. The zero-order valence-corrected chi connectivity index (χ0v) is 12.4. The molecule has 2 aromatic heterocycles. The highest BCUT2D eigenvalue weighted by atomic mass is 16.5. The molecule has 6 nitrogen and oxygen atoms in total. The summed E-state index contributed by atoms with van der Waals surface area (Å²) in [6, 6.07) is 9.21. The van der Waals surface area contributed by atoms with Gasteiger partial charge in [-0.05, 0) is 42.8 Å². The third-order valence-corrected chi connectivity index (χ3v) is 3.82. The number of anilines is 1. The van der Waals surface area contributed by atoms with Crippen LogP contribution in [0.5, 0.6) is 5.75 Å². The van der Waals surface area contributed by atoms with Gasteiger partial charge in [0.2, 0.25) is 0 Å². The van der Waals surface area contributed by atoms with Gasteiger partial charge in [0.15, 0.2) is 12.9 Å². The van der Waals surface area contributed by atoms with E-state index in [0.29, 0.717) is 28.5 Å². The van der Waals surface area contributed by atoms with Gasteiger partial charge in [-0.15, -0.1) is 0 Å². The molecule has 1 amide bonds. The maximum absolute atomic E-state index is 11.5. The third kappa shape index (κ3) is 2.15. The maximum Gasteiger partial charge on any atom is 0.262 e. The summed E-state index contributed by atoms with van der Waals surface area (Å²) in [5.41, 5.74) is 4.16. The molecular formula is C17H13N3O3. The van der Waals surface area contributed by atoms with E-state index in [2.05, 4.69) is 10.3 Å². The van der Waals surface area contributed by atoms with Crippen molar-refractivity contribution in [3.63, 3.8) is 0 Å². The third-order valence-electron chi connectivity index (χ3n) is 3.82. The number of fused-ring (bicyclic) bond motifs is 2. The van der Waals surface area contributed by atoms with E-state index >= 15 is 0 Å². The lowest BCUT2D eigenvalue weighted by Crippen LogP contribution is -2.25. The molecule has 1 aliphatic rings. The summed E-state index contributed by atoms with van der Waals surface area (Å²) in [4.78, 5) is 27.6. The summed E-state index contributed by atoms with van der Waals surface area (Å²) >= 11 is 0. The van der Waals surface area contributed by atoms with E-state index in [9.17, 15) is 9.59 Å². The first-order valence-electron chi connectivity index (χ1n) is 7.16. The number of amides is 1. The number of imidazole rings is 1. The monoisotopic (exact) mass is 307 g/mol. The molecule has 0 bridgehead atoms. The number of aryl methyl sites for hydroxylation is 1. The smallest absolute Gasteiger partial charge is 0.262 e. The molecule has 0 fully saturated rings. The number of hydrogen-bond donors (Lipinski definition) is 1. The highest BCUT2D eigenvalue weighted by molar-refractivity contribution is 5.97. The second kappa shape index (κ2) is 4.95. The molecule has 0 atom stereocenters. The second-order valence-corrected chi connectivity index (χ2v) is 5.44. The van der Waals surface area contributed by atoms with Crippen LogP contribution in [0.3, 0.4) is 0 Å². The molecule has 0 radical (unpaired) electrons. The van der Waals surface area contributed by atoms with E-state index in [1.165, 1.54) is 0 Å². The average Bonchev–Trinajstić information content (AvgIpc) is 2.91. The van der Waals surface area contributed by atoms with Crippen molar-refractivity contribution in [2.75, 3.05) is 11.9 Å². The van der Waals surface area contributed by atoms with Crippen molar-refractivity contribution in [3.8, 4) is 17.0 Å². The topological polar surface area (TPSA) is 72.7 Å². The molecule has 0 unspecified atom stereocenters. The Kier molecular flexibility index (Phi) is 2.90. The van der Waals surface area contributed by atoms with Gasteiger partial charge in [-0.1, -0.05) is 0 Å². The van der Waals surface area contributed by atoms with Gasteiger partial charge < -0.3 is 10.1 Å². The molecule has 1 N–H and O–H groups in total. The maximum atomic E-state index is 11.5. The standard InChI is InChI=1S/C17H13N3O3/c1-10-4-5-20-13(8-21)17(19-15(20)6-10)11-2-3-14-12(7-11)18-16(22)9-23-14/h2-8H,9H2,1H3,(H,18,22). The highest BCUT2D eigenvalue weighted by Crippen LogP contribution is 2.33. The van der Waals surface area contributed by atoms with Crippen LogP contribution in [0.4, 0.5) is 5.69 Å². The largest absolute Gasteiger partial charge is 0.482 e. The normalized spacial score (nSPS) is 13.3. The summed E-state index contributed by atoms with van der Waals surface area (Å²) in [5, 5.41) is 2.76. The predicted molar refractivity (Wildman–Crippen MR) is 84.9 cm³/mol. The molecule has 4 rings (SSSR count). The number of carbonyl (C=O) groups is 2. The number of carbonyl (C=O) groups excluding carboxylic acids is 2. The molecule has 1 aliphatic heterocycles. The zero-order chi connectivity index (χ0) is 16.0. The minimum atomic E-state index is -0.198. The van der Waals surface area contributed by atoms with Gasteiger partial charge in [0, 0.05) is 11.8 Å². The first-order valence-corrected chi connectivity index (χ1v) is 7.16. The van der Waals surface area contributed by atoms with E-state index in [-0.39, 0.29) is 12.5 Å². The number of ether oxygens (including phenoxy) is 1.